The van der Waals surface area contributed by atoms with Crippen LogP contribution in [0.25, 0.3) is 0 Å². The lowest BCUT2D eigenvalue weighted by atomic mass is 9.95. The normalized spacial score (nSPS) is 43.8. The molecule has 0 N–H and O–H groups in total. The monoisotopic (exact) mass is 182 g/mol. The van der Waals surface area contributed by atoms with Crippen molar-refractivity contribution in [2.45, 2.75) is 20.2 Å². The molecule has 0 spiro atoms. The SMILES string of the molecule is CC1(C)COP(C)(=O)OC1F. The summed E-state index contributed by atoms with van der Waals surface area (Å²) in [5.74, 6) is 0. The van der Waals surface area contributed by atoms with Crippen molar-refractivity contribution in [1.29, 1.82) is 0 Å². The summed E-state index contributed by atoms with van der Waals surface area (Å²) in [5, 5.41) is 0. The first-order valence-corrected chi connectivity index (χ1v) is 5.37. The van der Waals surface area contributed by atoms with Gasteiger partial charge in [-0.2, -0.15) is 0 Å². The van der Waals surface area contributed by atoms with E-state index in [0.717, 1.165) is 0 Å². The van der Waals surface area contributed by atoms with Gasteiger partial charge >= 0.3 is 7.60 Å². The molecule has 3 nitrogen and oxygen atoms in total. The molecular weight excluding hydrogens is 170 g/mol. The zero-order valence-electron chi connectivity index (χ0n) is 6.83. The third kappa shape index (κ3) is 2.01. The molecule has 1 saturated heterocycles. The van der Waals surface area contributed by atoms with E-state index in [0.29, 0.717) is 0 Å². The topological polar surface area (TPSA) is 35.5 Å². The third-order valence-corrected chi connectivity index (χ3v) is 2.74. The van der Waals surface area contributed by atoms with Crippen LogP contribution in [-0.4, -0.2) is 19.6 Å². The minimum atomic E-state index is -3.10. The molecule has 1 fully saturated rings. The van der Waals surface area contributed by atoms with Gasteiger partial charge in [0.1, 0.15) is 0 Å². The van der Waals surface area contributed by atoms with Crippen molar-refractivity contribution in [3.05, 3.63) is 0 Å². The van der Waals surface area contributed by atoms with E-state index < -0.39 is 19.4 Å². The van der Waals surface area contributed by atoms with E-state index in [2.05, 4.69) is 4.52 Å². The Balaban J connectivity index is 2.70. The Morgan fingerprint density at radius 3 is 2.55 bits per heavy atom. The van der Waals surface area contributed by atoms with E-state index in [-0.39, 0.29) is 6.61 Å². The molecule has 0 radical (unpaired) electrons. The summed E-state index contributed by atoms with van der Waals surface area (Å²) >= 11 is 0. The highest BCUT2D eigenvalue weighted by Gasteiger charge is 2.42. The van der Waals surface area contributed by atoms with E-state index in [1.807, 2.05) is 0 Å². The van der Waals surface area contributed by atoms with Crippen LogP contribution in [0.3, 0.4) is 0 Å². The van der Waals surface area contributed by atoms with Gasteiger partial charge < -0.3 is 4.52 Å². The van der Waals surface area contributed by atoms with Crippen molar-refractivity contribution in [3.8, 4) is 0 Å². The first-order valence-electron chi connectivity index (χ1n) is 3.38. The van der Waals surface area contributed by atoms with Crippen LogP contribution in [0.5, 0.6) is 0 Å². The lowest BCUT2D eigenvalue weighted by Crippen LogP contribution is -2.36. The van der Waals surface area contributed by atoms with Gasteiger partial charge in [-0.15, -0.1) is 0 Å². The molecule has 66 valence electrons. The van der Waals surface area contributed by atoms with Gasteiger partial charge in [0.25, 0.3) is 0 Å². The number of halogens is 1. The van der Waals surface area contributed by atoms with Crippen LogP contribution in [0.2, 0.25) is 0 Å². The number of alkyl halides is 1. The van der Waals surface area contributed by atoms with Gasteiger partial charge in [-0.25, -0.2) is 4.39 Å². The second kappa shape index (κ2) is 2.54. The van der Waals surface area contributed by atoms with Crippen LogP contribution >= 0.6 is 7.60 Å². The van der Waals surface area contributed by atoms with Gasteiger partial charge in [0.15, 0.2) is 0 Å². The second-order valence-electron chi connectivity index (χ2n) is 3.45. The Morgan fingerprint density at radius 2 is 2.18 bits per heavy atom. The summed E-state index contributed by atoms with van der Waals surface area (Å²) in [6.07, 6.45) is -1.49. The average molecular weight is 182 g/mol. The zero-order valence-corrected chi connectivity index (χ0v) is 7.73. The summed E-state index contributed by atoms with van der Waals surface area (Å²) in [4.78, 5) is 0. The van der Waals surface area contributed by atoms with Crippen LogP contribution in [-0.2, 0) is 13.6 Å². The summed E-state index contributed by atoms with van der Waals surface area (Å²) in [6, 6.07) is 0. The fourth-order valence-electron chi connectivity index (χ4n) is 0.690. The minimum absolute atomic E-state index is 0.141. The van der Waals surface area contributed by atoms with Crippen molar-refractivity contribution >= 4 is 7.60 Å². The molecule has 2 atom stereocenters. The van der Waals surface area contributed by atoms with Crippen LogP contribution in [0.15, 0.2) is 0 Å². The first-order chi connectivity index (χ1) is 4.83. The molecule has 0 aromatic rings. The quantitative estimate of drug-likeness (QED) is 0.538. The average Bonchev–Trinajstić information content (AvgIpc) is 1.81. The number of rotatable bonds is 0. The van der Waals surface area contributed by atoms with E-state index in [1.165, 1.54) is 6.66 Å². The Morgan fingerprint density at radius 1 is 1.64 bits per heavy atom. The highest BCUT2D eigenvalue weighted by atomic mass is 31.2. The Bertz CT molecular complexity index is 204. The molecule has 1 heterocycles. The Labute approximate surface area is 65.4 Å². The van der Waals surface area contributed by atoms with Gasteiger partial charge in [-0.3, -0.25) is 9.09 Å². The highest BCUT2D eigenvalue weighted by molar-refractivity contribution is 7.53. The van der Waals surface area contributed by atoms with E-state index in [1.54, 1.807) is 13.8 Å². The predicted molar refractivity (Wildman–Crippen MR) is 39.2 cm³/mol. The summed E-state index contributed by atoms with van der Waals surface area (Å²) in [5.41, 5.74) is -0.691. The summed E-state index contributed by atoms with van der Waals surface area (Å²) in [7, 11) is -3.10. The molecule has 11 heavy (non-hydrogen) atoms. The van der Waals surface area contributed by atoms with Crippen molar-refractivity contribution in [2.24, 2.45) is 5.41 Å². The largest absolute Gasteiger partial charge is 0.330 e. The molecule has 0 aromatic heterocycles. The fraction of sp³-hybridized carbons (Fsp3) is 1.00. The van der Waals surface area contributed by atoms with Gasteiger partial charge in [-0.05, 0) is 0 Å². The van der Waals surface area contributed by atoms with Crippen molar-refractivity contribution in [1.82, 2.24) is 0 Å². The second-order valence-corrected chi connectivity index (χ2v) is 5.47. The number of hydrogen-bond donors (Lipinski definition) is 0. The van der Waals surface area contributed by atoms with E-state index >= 15 is 0 Å². The van der Waals surface area contributed by atoms with E-state index in [9.17, 15) is 8.96 Å². The summed E-state index contributed by atoms with van der Waals surface area (Å²) < 4.78 is 33.4. The van der Waals surface area contributed by atoms with Gasteiger partial charge in [0.05, 0.1) is 6.61 Å². The molecule has 0 saturated carbocycles. The maximum Gasteiger partial charge on any atom is 0.330 e. The number of hydrogen-bond acceptors (Lipinski definition) is 3. The molecule has 5 heteroatoms. The van der Waals surface area contributed by atoms with Crippen LogP contribution < -0.4 is 0 Å². The molecule has 2 unspecified atom stereocenters. The maximum atomic E-state index is 13.0. The van der Waals surface area contributed by atoms with Crippen LogP contribution in [0.1, 0.15) is 13.8 Å². The highest BCUT2D eigenvalue weighted by Crippen LogP contribution is 2.53. The molecular formula is C6H12FO3P. The summed E-state index contributed by atoms with van der Waals surface area (Å²) in [6.45, 7) is 4.74. The fourth-order valence-corrected chi connectivity index (χ4v) is 1.94. The van der Waals surface area contributed by atoms with Gasteiger partial charge in [0.2, 0.25) is 6.36 Å². The lowest BCUT2D eigenvalue weighted by molar-refractivity contribution is -0.0963. The standard InChI is InChI=1S/C6H12FO3P/c1-6(2)4-9-11(3,8)10-5(6)7/h5H,4H2,1-3H3. The predicted octanol–water partition coefficient (Wildman–Crippen LogP) is 2.18. The Hall–Kier alpha value is 0.0800. The molecule has 0 aromatic carbocycles. The van der Waals surface area contributed by atoms with Gasteiger partial charge in [0, 0.05) is 12.1 Å². The van der Waals surface area contributed by atoms with Crippen LogP contribution in [0, 0.1) is 5.41 Å². The Kier molecular flexibility index (Phi) is 2.12. The molecule has 1 rings (SSSR count). The minimum Gasteiger partial charge on any atom is -0.308 e. The van der Waals surface area contributed by atoms with Crippen molar-refractivity contribution < 1.29 is 18.0 Å². The molecule has 0 amide bonds. The lowest BCUT2D eigenvalue weighted by Gasteiger charge is -2.35. The van der Waals surface area contributed by atoms with Gasteiger partial charge in [-0.1, -0.05) is 13.8 Å². The van der Waals surface area contributed by atoms with Crippen molar-refractivity contribution in [2.75, 3.05) is 13.3 Å². The molecule has 0 aliphatic carbocycles. The maximum absolute atomic E-state index is 13.0. The third-order valence-electron chi connectivity index (χ3n) is 1.57. The zero-order chi connectivity index (χ0) is 8.70. The van der Waals surface area contributed by atoms with E-state index in [4.69, 9.17) is 4.52 Å². The molecule has 1 aliphatic rings. The molecule has 0 bridgehead atoms. The smallest absolute Gasteiger partial charge is 0.308 e. The van der Waals surface area contributed by atoms with Crippen LogP contribution in [0.4, 0.5) is 4.39 Å². The molecule has 1 aliphatic heterocycles. The van der Waals surface area contributed by atoms with Crippen molar-refractivity contribution in [3.63, 3.8) is 0 Å². The first kappa shape index (κ1) is 9.17.